The SMILES string of the molecule is CCOC(=O)c1cc(C(=O)Nc2cccc(NC(=O)c3ccnn3CC)c2)nn1C. The molecule has 0 atom stereocenters. The Morgan fingerprint density at radius 3 is 2.37 bits per heavy atom. The molecule has 3 aromatic rings. The predicted octanol–water partition coefficient (Wildman–Crippen LogP) is 2.32. The van der Waals surface area contributed by atoms with Crippen LogP contribution in [0.15, 0.2) is 42.6 Å². The highest BCUT2D eigenvalue weighted by Crippen LogP contribution is 2.17. The number of amides is 2. The van der Waals surface area contributed by atoms with Crippen molar-refractivity contribution in [2.75, 3.05) is 17.2 Å². The number of nitrogens with zero attached hydrogens (tertiary/aromatic N) is 4. The second kappa shape index (κ2) is 9.03. The first-order chi connectivity index (χ1) is 14.4. The number of aromatic nitrogens is 4. The summed E-state index contributed by atoms with van der Waals surface area (Å²) in [6.45, 7) is 4.39. The fraction of sp³-hybridized carbons (Fsp3) is 0.250. The van der Waals surface area contributed by atoms with E-state index in [2.05, 4.69) is 20.8 Å². The Morgan fingerprint density at radius 2 is 1.70 bits per heavy atom. The van der Waals surface area contributed by atoms with Gasteiger partial charge in [0.15, 0.2) is 5.69 Å². The van der Waals surface area contributed by atoms with Crippen LogP contribution >= 0.6 is 0 Å². The lowest BCUT2D eigenvalue weighted by atomic mass is 10.2. The van der Waals surface area contributed by atoms with Crippen molar-refractivity contribution in [3.63, 3.8) is 0 Å². The normalized spacial score (nSPS) is 10.5. The Labute approximate surface area is 172 Å². The summed E-state index contributed by atoms with van der Waals surface area (Å²) in [5.74, 6) is -1.35. The van der Waals surface area contributed by atoms with Gasteiger partial charge in [-0.25, -0.2) is 4.79 Å². The molecule has 0 aliphatic carbocycles. The quantitative estimate of drug-likeness (QED) is 0.577. The highest BCUT2D eigenvalue weighted by molar-refractivity contribution is 6.06. The van der Waals surface area contributed by atoms with Gasteiger partial charge in [-0.15, -0.1) is 0 Å². The van der Waals surface area contributed by atoms with E-state index in [0.29, 0.717) is 23.6 Å². The molecule has 0 aliphatic rings. The zero-order chi connectivity index (χ0) is 21.7. The van der Waals surface area contributed by atoms with E-state index in [0.717, 1.165) is 0 Å². The van der Waals surface area contributed by atoms with Crippen molar-refractivity contribution >= 4 is 29.2 Å². The Bertz CT molecular complexity index is 1080. The van der Waals surface area contributed by atoms with E-state index in [4.69, 9.17) is 4.74 Å². The fourth-order valence-corrected chi connectivity index (χ4v) is 2.82. The molecule has 0 radical (unpaired) electrons. The minimum absolute atomic E-state index is 0.0711. The fourth-order valence-electron chi connectivity index (χ4n) is 2.82. The van der Waals surface area contributed by atoms with Crippen molar-refractivity contribution < 1.29 is 19.1 Å². The van der Waals surface area contributed by atoms with Crippen LogP contribution in [-0.4, -0.2) is 44.0 Å². The van der Waals surface area contributed by atoms with Gasteiger partial charge in [-0.1, -0.05) is 6.07 Å². The second-order valence-electron chi connectivity index (χ2n) is 6.28. The minimum Gasteiger partial charge on any atom is -0.461 e. The maximum atomic E-state index is 12.5. The molecule has 1 aromatic carbocycles. The third kappa shape index (κ3) is 4.54. The first-order valence-corrected chi connectivity index (χ1v) is 9.38. The number of nitrogens with one attached hydrogen (secondary N) is 2. The van der Waals surface area contributed by atoms with Gasteiger partial charge in [-0.05, 0) is 38.1 Å². The van der Waals surface area contributed by atoms with Crippen LogP contribution < -0.4 is 10.6 Å². The molecule has 2 aromatic heterocycles. The number of hydrogen-bond acceptors (Lipinski definition) is 6. The summed E-state index contributed by atoms with van der Waals surface area (Å²) in [5.41, 5.74) is 1.66. The topological polar surface area (TPSA) is 120 Å². The third-order valence-electron chi connectivity index (χ3n) is 4.22. The zero-order valence-corrected chi connectivity index (χ0v) is 16.9. The van der Waals surface area contributed by atoms with Gasteiger partial charge >= 0.3 is 5.97 Å². The van der Waals surface area contributed by atoms with E-state index < -0.39 is 11.9 Å². The number of hydrogen-bond donors (Lipinski definition) is 2. The first kappa shape index (κ1) is 20.8. The summed E-state index contributed by atoms with van der Waals surface area (Å²) in [6.07, 6.45) is 1.56. The molecule has 2 N–H and O–H groups in total. The summed E-state index contributed by atoms with van der Waals surface area (Å²) in [5, 5.41) is 13.6. The van der Waals surface area contributed by atoms with Crippen molar-refractivity contribution in [1.29, 1.82) is 0 Å². The Balaban J connectivity index is 1.71. The second-order valence-corrected chi connectivity index (χ2v) is 6.28. The van der Waals surface area contributed by atoms with Crippen LogP contribution in [-0.2, 0) is 18.3 Å². The smallest absolute Gasteiger partial charge is 0.356 e. The number of esters is 1. The molecule has 0 fully saturated rings. The number of anilines is 2. The van der Waals surface area contributed by atoms with Crippen LogP contribution in [0.3, 0.4) is 0 Å². The zero-order valence-electron chi connectivity index (χ0n) is 16.9. The van der Waals surface area contributed by atoms with Gasteiger partial charge in [0.2, 0.25) is 0 Å². The maximum absolute atomic E-state index is 12.5. The summed E-state index contributed by atoms with van der Waals surface area (Å²) in [6, 6.07) is 9.71. The summed E-state index contributed by atoms with van der Waals surface area (Å²) < 4.78 is 7.82. The molecule has 0 saturated heterocycles. The molecule has 0 unspecified atom stereocenters. The highest BCUT2D eigenvalue weighted by atomic mass is 16.5. The number of aryl methyl sites for hydroxylation is 2. The van der Waals surface area contributed by atoms with E-state index in [-0.39, 0.29) is 23.9 Å². The van der Waals surface area contributed by atoms with Crippen molar-refractivity contribution in [3.05, 3.63) is 59.7 Å². The van der Waals surface area contributed by atoms with Gasteiger partial charge in [-0.2, -0.15) is 10.2 Å². The van der Waals surface area contributed by atoms with Crippen LogP contribution in [0.25, 0.3) is 0 Å². The Morgan fingerprint density at radius 1 is 1.00 bits per heavy atom. The monoisotopic (exact) mass is 410 g/mol. The molecule has 0 saturated carbocycles. The van der Waals surface area contributed by atoms with E-state index in [1.165, 1.54) is 10.7 Å². The summed E-state index contributed by atoms with van der Waals surface area (Å²) >= 11 is 0. The van der Waals surface area contributed by atoms with Crippen LogP contribution in [0.4, 0.5) is 11.4 Å². The van der Waals surface area contributed by atoms with Gasteiger partial charge in [0.1, 0.15) is 11.4 Å². The van der Waals surface area contributed by atoms with Gasteiger partial charge in [-0.3, -0.25) is 19.0 Å². The molecule has 0 spiro atoms. The number of carbonyl (C=O) groups is 3. The van der Waals surface area contributed by atoms with Crippen LogP contribution in [0, 0.1) is 0 Å². The van der Waals surface area contributed by atoms with E-state index in [1.54, 1.807) is 55.2 Å². The molecule has 30 heavy (non-hydrogen) atoms. The van der Waals surface area contributed by atoms with Crippen LogP contribution in [0.5, 0.6) is 0 Å². The molecule has 2 amide bonds. The lowest BCUT2D eigenvalue weighted by Gasteiger charge is -2.09. The minimum atomic E-state index is -0.553. The van der Waals surface area contributed by atoms with Crippen LogP contribution in [0.2, 0.25) is 0 Å². The number of carbonyl (C=O) groups excluding carboxylic acids is 3. The number of ether oxygens (including phenoxy) is 1. The lowest BCUT2D eigenvalue weighted by molar-refractivity contribution is 0.0513. The Hall–Kier alpha value is -3.95. The summed E-state index contributed by atoms with van der Waals surface area (Å²) in [7, 11) is 1.56. The standard InChI is InChI=1S/C20H22N6O4/c1-4-26-16(9-10-21-26)19(28)23-14-8-6-7-13(11-14)22-18(27)15-12-17(25(3)24-15)20(29)30-5-2/h6-12H,4-5H2,1-3H3,(H,22,27)(H,23,28). The Kier molecular flexibility index (Phi) is 6.26. The van der Waals surface area contributed by atoms with E-state index >= 15 is 0 Å². The average Bonchev–Trinajstić information content (AvgIpc) is 3.35. The number of benzene rings is 1. The van der Waals surface area contributed by atoms with Gasteiger partial charge in [0.05, 0.1) is 6.61 Å². The third-order valence-corrected chi connectivity index (χ3v) is 4.22. The van der Waals surface area contributed by atoms with Gasteiger partial charge in [0, 0.05) is 37.2 Å². The predicted molar refractivity (Wildman–Crippen MR) is 109 cm³/mol. The highest BCUT2D eigenvalue weighted by Gasteiger charge is 2.19. The maximum Gasteiger partial charge on any atom is 0.356 e. The van der Waals surface area contributed by atoms with E-state index in [1.807, 2.05) is 6.92 Å². The summed E-state index contributed by atoms with van der Waals surface area (Å²) in [4.78, 5) is 36.9. The molecule has 0 aliphatic heterocycles. The van der Waals surface area contributed by atoms with Crippen molar-refractivity contribution in [3.8, 4) is 0 Å². The molecule has 156 valence electrons. The molecular weight excluding hydrogens is 388 g/mol. The number of rotatable bonds is 7. The average molecular weight is 410 g/mol. The van der Waals surface area contributed by atoms with Crippen molar-refractivity contribution in [1.82, 2.24) is 19.6 Å². The largest absolute Gasteiger partial charge is 0.461 e. The molecule has 10 nitrogen and oxygen atoms in total. The van der Waals surface area contributed by atoms with E-state index in [9.17, 15) is 14.4 Å². The van der Waals surface area contributed by atoms with Gasteiger partial charge in [0.25, 0.3) is 11.8 Å². The molecule has 2 heterocycles. The van der Waals surface area contributed by atoms with Crippen molar-refractivity contribution in [2.45, 2.75) is 20.4 Å². The first-order valence-electron chi connectivity index (χ1n) is 9.38. The molecular formula is C20H22N6O4. The molecule has 3 rings (SSSR count). The molecule has 10 heteroatoms. The molecule has 0 bridgehead atoms. The lowest BCUT2D eigenvalue weighted by Crippen LogP contribution is -2.17. The van der Waals surface area contributed by atoms with Crippen LogP contribution in [0.1, 0.15) is 45.3 Å². The van der Waals surface area contributed by atoms with Gasteiger partial charge < -0.3 is 15.4 Å². The van der Waals surface area contributed by atoms with Crippen molar-refractivity contribution in [2.24, 2.45) is 7.05 Å².